The Morgan fingerprint density at radius 1 is 1.40 bits per heavy atom. The topological polar surface area (TPSA) is 50.4 Å². The molecule has 110 valence electrons. The molecule has 0 spiro atoms. The molecule has 0 radical (unpaired) electrons. The van der Waals surface area contributed by atoms with E-state index in [1.54, 1.807) is 7.11 Å². The third-order valence-corrected chi connectivity index (χ3v) is 3.84. The van der Waals surface area contributed by atoms with Crippen LogP contribution in [0.15, 0.2) is 24.3 Å². The van der Waals surface area contributed by atoms with Crippen molar-refractivity contribution in [3.8, 4) is 0 Å². The van der Waals surface area contributed by atoms with E-state index in [0.29, 0.717) is 25.5 Å². The maximum absolute atomic E-state index is 11.9. The van der Waals surface area contributed by atoms with E-state index in [9.17, 15) is 4.79 Å². The molecular formula is C16H24N2O2. The first-order valence-corrected chi connectivity index (χ1v) is 7.32. The molecule has 1 atom stereocenters. The molecule has 2 N–H and O–H groups in total. The number of carbonyl (C=O) groups is 1. The van der Waals surface area contributed by atoms with Crippen molar-refractivity contribution in [3.05, 3.63) is 35.4 Å². The Hall–Kier alpha value is -1.39. The summed E-state index contributed by atoms with van der Waals surface area (Å²) in [4.78, 5) is 11.9. The molecule has 1 aliphatic rings. The lowest BCUT2D eigenvalue weighted by molar-refractivity contribution is -0.121. The fourth-order valence-electron chi connectivity index (χ4n) is 2.60. The molecule has 0 aliphatic carbocycles. The van der Waals surface area contributed by atoms with E-state index >= 15 is 0 Å². The number of amides is 1. The lowest BCUT2D eigenvalue weighted by atomic mass is 10.0. The largest absolute Gasteiger partial charge is 0.380 e. The summed E-state index contributed by atoms with van der Waals surface area (Å²) in [5.41, 5.74) is 2.26. The van der Waals surface area contributed by atoms with Gasteiger partial charge in [0.25, 0.3) is 0 Å². The monoisotopic (exact) mass is 276 g/mol. The predicted molar refractivity (Wildman–Crippen MR) is 79.2 cm³/mol. The van der Waals surface area contributed by atoms with Crippen LogP contribution in [0.1, 0.15) is 30.4 Å². The smallest absolute Gasteiger partial charge is 0.220 e. The van der Waals surface area contributed by atoms with Gasteiger partial charge < -0.3 is 15.4 Å². The van der Waals surface area contributed by atoms with Crippen LogP contribution in [0.25, 0.3) is 0 Å². The Morgan fingerprint density at radius 2 is 2.20 bits per heavy atom. The maximum atomic E-state index is 11.9. The quantitative estimate of drug-likeness (QED) is 0.799. The van der Waals surface area contributed by atoms with Gasteiger partial charge in [-0.3, -0.25) is 4.79 Å². The third kappa shape index (κ3) is 4.62. The van der Waals surface area contributed by atoms with E-state index in [1.165, 1.54) is 6.42 Å². The van der Waals surface area contributed by atoms with Crippen LogP contribution in [0.3, 0.4) is 0 Å². The van der Waals surface area contributed by atoms with Crippen LogP contribution >= 0.6 is 0 Å². The van der Waals surface area contributed by atoms with Crippen LogP contribution in [0.2, 0.25) is 0 Å². The molecule has 2 rings (SSSR count). The van der Waals surface area contributed by atoms with Gasteiger partial charge in [-0.2, -0.15) is 0 Å². The zero-order chi connectivity index (χ0) is 14.2. The van der Waals surface area contributed by atoms with Gasteiger partial charge in [0.05, 0.1) is 6.61 Å². The van der Waals surface area contributed by atoms with Crippen LogP contribution in [-0.4, -0.2) is 26.1 Å². The van der Waals surface area contributed by atoms with Gasteiger partial charge in [-0.05, 0) is 43.0 Å². The summed E-state index contributed by atoms with van der Waals surface area (Å²) < 4.78 is 5.17. The van der Waals surface area contributed by atoms with Gasteiger partial charge in [-0.15, -0.1) is 0 Å². The lowest BCUT2D eigenvalue weighted by Crippen LogP contribution is -2.24. The van der Waals surface area contributed by atoms with Crippen molar-refractivity contribution in [3.63, 3.8) is 0 Å². The molecule has 1 aliphatic heterocycles. The van der Waals surface area contributed by atoms with Crippen molar-refractivity contribution in [2.45, 2.75) is 32.4 Å². The number of carbonyl (C=O) groups excluding carboxylic acids is 1. The molecule has 0 aromatic heterocycles. The third-order valence-electron chi connectivity index (χ3n) is 3.84. The first kappa shape index (κ1) is 15.0. The molecular weight excluding hydrogens is 252 g/mol. The van der Waals surface area contributed by atoms with Crippen LogP contribution in [0, 0.1) is 5.92 Å². The number of benzene rings is 1. The Bertz CT molecular complexity index is 428. The molecule has 1 saturated heterocycles. The summed E-state index contributed by atoms with van der Waals surface area (Å²) in [6, 6.07) is 8.06. The zero-order valence-corrected chi connectivity index (χ0v) is 12.2. The summed E-state index contributed by atoms with van der Waals surface area (Å²) in [6.07, 6.45) is 2.81. The van der Waals surface area contributed by atoms with Gasteiger partial charge in [0.15, 0.2) is 0 Å². The molecule has 0 bridgehead atoms. The molecule has 4 nitrogen and oxygen atoms in total. The SMILES string of the molecule is COCc1ccccc1CNC(=O)CCC1CCNC1. The highest BCUT2D eigenvalue weighted by atomic mass is 16.5. The number of nitrogens with one attached hydrogen (secondary N) is 2. The van der Waals surface area contributed by atoms with Crippen molar-refractivity contribution in [2.24, 2.45) is 5.92 Å². The molecule has 1 fully saturated rings. The average Bonchev–Trinajstić information content (AvgIpc) is 2.98. The minimum absolute atomic E-state index is 0.143. The first-order valence-electron chi connectivity index (χ1n) is 7.32. The summed E-state index contributed by atoms with van der Waals surface area (Å²) in [7, 11) is 1.69. The van der Waals surface area contributed by atoms with E-state index in [0.717, 1.165) is 30.6 Å². The van der Waals surface area contributed by atoms with E-state index in [1.807, 2.05) is 24.3 Å². The van der Waals surface area contributed by atoms with E-state index in [-0.39, 0.29) is 5.91 Å². The fraction of sp³-hybridized carbons (Fsp3) is 0.562. The van der Waals surface area contributed by atoms with E-state index in [2.05, 4.69) is 10.6 Å². The fourth-order valence-corrected chi connectivity index (χ4v) is 2.60. The van der Waals surface area contributed by atoms with Crippen molar-refractivity contribution in [1.29, 1.82) is 0 Å². The highest BCUT2D eigenvalue weighted by Crippen LogP contribution is 2.14. The minimum atomic E-state index is 0.143. The molecule has 1 unspecified atom stereocenters. The number of rotatable bonds is 7. The van der Waals surface area contributed by atoms with Crippen LogP contribution < -0.4 is 10.6 Å². The van der Waals surface area contributed by atoms with Gasteiger partial charge in [0.2, 0.25) is 5.91 Å². The summed E-state index contributed by atoms with van der Waals surface area (Å²) in [5.74, 6) is 0.811. The van der Waals surface area contributed by atoms with Gasteiger partial charge in [0, 0.05) is 20.1 Å². The number of ether oxygens (including phenoxy) is 1. The van der Waals surface area contributed by atoms with Gasteiger partial charge >= 0.3 is 0 Å². The lowest BCUT2D eigenvalue weighted by Gasteiger charge is -2.11. The minimum Gasteiger partial charge on any atom is -0.380 e. The Balaban J connectivity index is 1.74. The average molecular weight is 276 g/mol. The number of hydrogen-bond acceptors (Lipinski definition) is 3. The van der Waals surface area contributed by atoms with Crippen molar-refractivity contribution < 1.29 is 9.53 Å². The van der Waals surface area contributed by atoms with Crippen molar-refractivity contribution >= 4 is 5.91 Å². The molecule has 4 heteroatoms. The highest BCUT2D eigenvalue weighted by molar-refractivity contribution is 5.75. The molecule has 1 aromatic carbocycles. The zero-order valence-electron chi connectivity index (χ0n) is 12.2. The molecule has 1 heterocycles. The second-order valence-corrected chi connectivity index (χ2v) is 5.38. The van der Waals surface area contributed by atoms with Crippen molar-refractivity contribution in [1.82, 2.24) is 10.6 Å². The van der Waals surface area contributed by atoms with Crippen LogP contribution in [0.5, 0.6) is 0 Å². The summed E-state index contributed by atoms with van der Waals surface area (Å²) in [5, 5.41) is 6.34. The van der Waals surface area contributed by atoms with Crippen molar-refractivity contribution in [2.75, 3.05) is 20.2 Å². The standard InChI is InChI=1S/C16H24N2O2/c1-20-12-15-5-3-2-4-14(15)11-18-16(19)7-6-13-8-9-17-10-13/h2-5,13,17H,6-12H2,1H3,(H,18,19). The number of hydrogen-bond donors (Lipinski definition) is 2. The molecule has 1 aromatic rings. The Morgan fingerprint density at radius 3 is 2.90 bits per heavy atom. The first-order chi connectivity index (χ1) is 9.79. The Kier molecular flexibility index (Phi) is 6.02. The van der Waals surface area contributed by atoms with E-state index in [4.69, 9.17) is 4.74 Å². The van der Waals surface area contributed by atoms with Gasteiger partial charge in [0.1, 0.15) is 0 Å². The Labute approximate surface area is 120 Å². The highest BCUT2D eigenvalue weighted by Gasteiger charge is 2.15. The number of methoxy groups -OCH3 is 1. The normalized spacial score (nSPS) is 18.1. The summed E-state index contributed by atoms with van der Waals surface area (Å²) >= 11 is 0. The molecule has 0 saturated carbocycles. The van der Waals surface area contributed by atoms with Crippen LogP contribution in [0.4, 0.5) is 0 Å². The summed E-state index contributed by atoms with van der Waals surface area (Å²) in [6.45, 7) is 3.32. The molecule has 1 amide bonds. The second kappa shape index (κ2) is 8.02. The van der Waals surface area contributed by atoms with Gasteiger partial charge in [-0.1, -0.05) is 24.3 Å². The molecule has 20 heavy (non-hydrogen) atoms. The van der Waals surface area contributed by atoms with Gasteiger partial charge in [-0.25, -0.2) is 0 Å². The van der Waals surface area contributed by atoms with Crippen LogP contribution in [-0.2, 0) is 22.7 Å². The predicted octanol–water partition coefficient (Wildman–Crippen LogP) is 1.84. The maximum Gasteiger partial charge on any atom is 0.220 e. The second-order valence-electron chi connectivity index (χ2n) is 5.38. The van der Waals surface area contributed by atoms with E-state index < -0.39 is 0 Å².